The van der Waals surface area contributed by atoms with Gasteiger partial charge < -0.3 is 9.84 Å². The lowest BCUT2D eigenvalue weighted by Crippen LogP contribution is -2.05. The number of hydrogen-bond acceptors (Lipinski definition) is 3. The predicted octanol–water partition coefficient (Wildman–Crippen LogP) is 2.51. The van der Waals surface area contributed by atoms with Gasteiger partial charge in [0.2, 0.25) is 0 Å². The average Bonchev–Trinajstić information content (AvgIpc) is 2.29. The highest BCUT2D eigenvalue weighted by atomic mass is 19.3. The van der Waals surface area contributed by atoms with E-state index in [1.807, 2.05) is 0 Å². The van der Waals surface area contributed by atoms with E-state index < -0.39 is 12.6 Å². The number of carboxylic acid groups (broad SMARTS) is 1. The molecule has 0 fully saturated rings. The summed E-state index contributed by atoms with van der Waals surface area (Å²) < 4.78 is 28.5. The second kappa shape index (κ2) is 5.90. The van der Waals surface area contributed by atoms with Crippen LogP contribution in [0.3, 0.4) is 0 Å². The molecule has 0 aliphatic carbocycles. The summed E-state index contributed by atoms with van der Waals surface area (Å²) in [4.78, 5) is 21.2. The first kappa shape index (κ1) is 13.8. The van der Waals surface area contributed by atoms with Crippen molar-refractivity contribution in [2.45, 2.75) is 13.5 Å². The molecule has 0 spiro atoms. The summed E-state index contributed by atoms with van der Waals surface area (Å²) in [5, 5.41) is 8.52. The molecule has 0 bridgehead atoms. The quantitative estimate of drug-likeness (QED) is 0.649. The highest BCUT2D eigenvalue weighted by Crippen LogP contribution is 2.26. The van der Waals surface area contributed by atoms with E-state index in [9.17, 15) is 18.4 Å². The Morgan fingerprint density at radius 2 is 2.11 bits per heavy atom. The van der Waals surface area contributed by atoms with Gasteiger partial charge in [-0.25, -0.2) is 4.79 Å². The van der Waals surface area contributed by atoms with Crippen molar-refractivity contribution in [2.75, 3.05) is 0 Å². The molecule has 0 saturated heterocycles. The number of aliphatic carboxylic acids is 1. The van der Waals surface area contributed by atoms with Gasteiger partial charge in [-0.15, -0.1) is 0 Å². The van der Waals surface area contributed by atoms with E-state index in [1.54, 1.807) is 0 Å². The van der Waals surface area contributed by atoms with Crippen LogP contribution in [-0.2, 0) is 4.79 Å². The van der Waals surface area contributed by atoms with Crippen molar-refractivity contribution in [1.29, 1.82) is 0 Å². The van der Waals surface area contributed by atoms with Gasteiger partial charge in [0.15, 0.2) is 6.29 Å². The molecule has 0 aliphatic heterocycles. The van der Waals surface area contributed by atoms with Gasteiger partial charge in [-0.05, 0) is 36.3 Å². The lowest BCUT2D eigenvalue weighted by atomic mass is 10.0. The third-order valence-electron chi connectivity index (χ3n) is 2.23. The van der Waals surface area contributed by atoms with E-state index in [-0.39, 0.29) is 22.4 Å². The maximum absolute atomic E-state index is 12.1. The van der Waals surface area contributed by atoms with Gasteiger partial charge in [-0.1, -0.05) is 0 Å². The van der Waals surface area contributed by atoms with Gasteiger partial charge in [0, 0.05) is 11.6 Å². The number of carbonyl (C=O) groups excluding carboxylic acids is 1. The minimum absolute atomic E-state index is 0.0966. The van der Waals surface area contributed by atoms with Crippen molar-refractivity contribution in [2.24, 2.45) is 0 Å². The fourth-order valence-corrected chi connectivity index (χ4v) is 1.43. The van der Waals surface area contributed by atoms with Gasteiger partial charge in [0.05, 0.1) is 0 Å². The smallest absolute Gasteiger partial charge is 0.387 e. The van der Waals surface area contributed by atoms with Crippen LogP contribution < -0.4 is 4.74 Å². The van der Waals surface area contributed by atoms with E-state index in [0.29, 0.717) is 6.29 Å². The van der Waals surface area contributed by atoms with Crippen LogP contribution in [0.4, 0.5) is 8.78 Å². The first-order valence-electron chi connectivity index (χ1n) is 4.90. The molecule has 0 unspecified atom stereocenters. The van der Waals surface area contributed by atoms with Crippen LogP contribution in [-0.4, -0.2) is 24.0 Å². The van der Waals surface area contributed by atoms with Crippen molar-refractivity contribution in [3.63, 3.8) is 0 Å². The number of carbonyl (C=O) groups is 2. The van der Waals surface area contributed by atoms with Crippen molar-refractivity contribution < 1.29 is 28.2 Å². The first-order chi connectivity index (χ1) is 8.45. The summed E-state index contributed by atoms with van der Waals surface area (Å²) in [6.45, 7) is -1.52. The van der Waals surface area contributed by atoms with Crippen molar-refractivity contribution in [3.05, 3.63) is 34.9 Å². The van der Waals surface area contributed by atoms with Crippen molar-refractivity contribution >= 4 is 18.3 Å². The predicted molar refractivity (Wildman–Crippen MR) is 59.9 cm³/mol. The largest absolute Gasteiger partial charge is 0.478 e. The summed E-state index contributed by atoms with van der Waals surface area (Å²) in [6.07, 6.45) is 2.50. The molecule has 18 heavy (non-hydrogen) atoms. The third kappa shape index (κ3) is 3.38. The molecule has 4 nitrogen and oxygen atoms in total. The van der Waals surface area contributed by atoms with E-state index in [2.05, 4.69) is 4.74 Å². The molecule has 0 aliphatic rings. The Labute approximate surface area is 101 Å². The number of alkyl halides is 2. The Hall–Kier alpha value is -2.24. The Kier molecular flexibility index (Phi) is 4.53. The van der Waals surface area contributed by atoms with Crippen LogP contribution in [0.25, 0.3) is 6.08 Å². The van der Waals surface area contributed by atoms with Gasteiger partial charge in [-0.2, -0.15) is 8.78 Å². The molecule has 0 amide bonds. The second-order valence-corrected chi connectivity index (χ2v) is 3.36. The van der Waals surface area contributed by atoms with Crippen LogP contribution >= 0.6 is 0 Å². The van der Waals surface area contributed by atoms with E-state index in [1.165, 1.54) is 25.1 Å². The van der Waals surface area contributed by atoms with Gasteiger partial charge in [-0.3, -0.25) is 4.79 Å². The van der Waals surface area contributed by atoms with Gasteiger partial charge >= 0.3 is 12.6 Å². The molecular formula is C12H10F2O4. The van der Waals surface area contributed by atoms with Crippen molar-refractivity contribution in [3.8, 4) is 5.75 Å². The molecular weight excluding hydrogens is 246 g/mol. The summed E-state index contributed by atoms with van der Waals surface area (Å²) in [6, 6.07) is 2.53. The number of carboxylic acids is 1. The Balaban J connectivity index is 3.26. The maximum Gasteiger partial charge on any atom is 0.387 e. The molecule has 0 heterocycles. The van der Waals surface area contributed by atoms with Crippen LogP contribution in [0, 0.1) is 6.92 Å². The summed E-state index contributed by atoms with van der Waals surface area (Å²) in [7, 11) is 0. The lowest BCUT2D eigenvalue weighted by molar-refractivity contribution is -0.131. The SMILES string of the molecule is Cc1c(OC(F)F)ccc(C=O)c1/C=C/C(=O)O. The molecule has 0 radical (unpaired) electrons. The van der Waals surface area contributed by atoms with Crippen LogP contribution in [0.1, 0.15) is 21.5 Å². The van der Waals surface area contributed by atoms with Crippen molar-refractivity contribution in [1.82, 2.24) is 0 Å². The summed E-state index contributed by atoms with van der Waals surface area (Å²) in [5.74, 6) is -1.30. The number of rotatable bonds is 5. The number of benzene rings is 1. The maximum atomic E-state index is 12.1. The molecule has 0 atom stereocenters. The molecule has 1 aromatic carbocycles. The minimum atomic E-state index is -2.98. The topological polar surface area (TPSA) is 63.6 Å². The first-order valence-corrected chi connectivity index (χ1v) is 4.90. The number of aldehydes is 1. The zero-order chi connectivity index (χ0) is 13.7. The van der Waals surface area contributed by atoms with Crippen LogP contribution in [0.5, 0.6) is 5.75 Å². The number of ether oxygens (including phenoxy) is 1. The highest BCUT2D eigenvalue weighted by molar-refractivity contribution is 5.90. The minimum Gasteiger partial charge on any atom is -0.478 e. The Morgan fingerprint density at radius 1 is 1.44 bits per heavy atom. The standard InChI is InChI=1S/C12H10F2O4/c1-7-9(3-5-11(16)17)8(6-15)2-4-10(7)18-12(13)14/h2-6,12H,1H3,(H,16,17)/b5-3+. The zero-order valence-corrected chi connectivity index (χ0v) is 9.39. The molecule has 1 N–H and O–H groups in total. The number of hydrogen-bond donors (Lipinski definition) is 1. The van der Waals surface area contributed by atoms with E-state index in [4.69, 9.17) is 5.11 Å². The molecule has 6 heteroatoms. The fraction of sp³-hybridized carbons (Fsp3) is 0.167. The summed E-state index contributed by atoms with van der Waals surface area (Å²) >= 11 is 0. The monoisotopic (exact) mass is 256 g/mol. The van der Waals surface area contributed by atoms with Gasteiger partial charge in [0.25, 0.3) is 0 Å². The normalized spacial score (nSPS) is 10.9. The second-order valence-electron chi connectivity index (χ2n) is 3.36. The summed E-state index contributed by atoms with van der Waals surface area (Å²) in [5.41, 5.74) is 0.717. The molecule has 1 rings (SSSR count). The molecule has 96 valence electrons. The number of halogens is 2. The zero-order valence-electron chi connectivity index (χ0n) is 9.39. The highest BCUT2D eigenvalue weighted by Gasteiger charge is 2.12. The third-order valence-corrected chi connectivity index (χ3v) is 2.23. The Bertz CT molecular complexity index is 495. The molecule has 0 aromatic heterocycles. The lowest BCUT2D eigenvalue weighted by Gasteiger charge is -2.11. The van der Waals surface area contributed by atoms with E-state index in [0.717, 1.165) is 6.08 Å². The Morgan fingerprint density at radius 3 is 2.61 bits per heavy atom. The van der Waals surface area contributed by atoms with E-state index >= 15 is 0 Å². The fourth-order valence-electron chi connectivity index (χ4n) is 1.43. The molecule has 0 saturated carbocycles. The van der Waals surface area contributed by atoms with Crippen LogP contribution in [0.2, 0.25) is 0 Å². The van der Waals surface area contributed by atoms with Crippen LogP contribution in [0.15, 0.2) is 18.2 Å². The average molecular weight is 256 g/mol. The molecule has 1 aromatic rings. The van der Waals surface area contributed by atoms with Gasteiger partial charge in [0.1, 0.15) is 5.75 Å².